The van der Waals surface area contributed by atoms with Gasteiger partial charge in [-0.25, -0.2) is 14.4 Å². The summed E-state index contributed by atoms with van der Waals surface area (Å²) in [6.45, 7) is 3.69. The second-order valence-corrected chi connectivity index (χ2v) is 8.80. The molecule has 0 amide bonds. The SMILES string of the molecule is COC(=O)C1(c2ccc(Nc3cc(-c4c(C)noc4C)nc(-c4ccc(F)cc4)n3)cc2)CCC1. The molecule has 1 fully saturated rings. The zero-order valence-electron chi connectivity index (χ0n) is 19.8. The fourth-order valence-electron chi connectivity index (χ4n) is 4.57. The maximum atomic E-state index is 13.5. The Bertz CT molecular complexity index is 1360. The number of carbonyl (C=O) groups is 1. The van der Waals surface area contributed by atoms with Gasteiger partial charge in [0.05, 0.1) is 29.5 Å². The van der Waals surface area contributed by atoms with Crippen molar-refractivity contribution in [2.75, 3.05) is 12.4 Å². The number of hydrogen-bond acceptors (Lipinski definition) is 7. The van der Waals surface area contributed by atoms with E-state index in [0.717, 1.165) is 41.8 Å². The Morgan fingerprint density at radius 2 is 1.77 bits per heavy atom. The first-order chi connectivity index (χ1) is 16.9. The topological polar surface area (TPSA) is 90.1 Å². The van der Waals surface area contributed by atoms with Crippen molar-refractivity contribution in [3.63, 3.8) is 0 Å². The van der Waals surface area contributed by atoms with Crippen molar-refractivity contribution in [2.24, 2.45) is 0 Å². The van der Waals surface area contributed by atoms with Crippen molar-refractivity contribution in [1.82, 2.24) is 15.1 Å². The lowest BCUT2D eigenvalue weighted by Crippen LogP contribution is -2.43. The lowest BCUT2D eigenvalue weighted by Gasteiger charge is -2.39. The van der Waals surface area contributed by atoms with Crippen LogP contribution in [0.2, 0.25) is 0 Å². The van der Waals surface area contributed by atoms with E-state index in [1.807, 2.05) is 44.2 Å². The molecule has 0 atom stereocenters. The second kappa shape index (κ2) is 8.94. The summed E-state index contributed by atoms with van der Waals surface area (Å²) in [7, 11) is 1.43. The number of rotatable bonds is 6. The average molecular weight is 473 g/mol. The van der Waals surface area contributed by atoms with E-state index in [2.05, 4.69) is 15.5 Å². The Hall–Kier alpha value is -4.07. The van der Waals surface area contributed by atoms with Gasteiger partial charge in [0, 0.05) is 17.3 Å². The zero-order chi connectivity index (χ0) is 24.6. The first kappa shape index (κ1) is 22.7. The Morgan fingerprint density at radius 1 is 1.06 bits per heavy atom. The van der Waals surface area contributed by atoms with Gasteiger partial charge in [0.2, 0.25) is 0 Å². The van der Waals surface area contributed by atoms with Gasteiger partial charge >= 0.3 is 5.97 Å². The van der Waals surface area contributed by atoms with E-state index < -0.39 is 5.41 Å². The summed E-state index contributed by atoms with van der Waals surface area (Å²) in [6, 6.07) is 15.6. The minimum absolute atomic E-state index is 0.187. The highest BCUT2D eigenvalue weighted by atomic mass is 19.1. The van der Waals surface area contributed by atoms with Crippen LogP contribution < -0.4 is 5.32 Å². The van der Waals surface area contributed by atoms with E-state index in [4.69, 9.17) is 14.2 Å². The van der Waals surface area contributed by atoms with Crippen molar-refractivity contribution >= 4 is 17.5 Å². The molecule has 4 aromatic rings. The number of methoxy groups -OCH3 is 1. The molecule has 0 radical (unpaired) electrons. The van der Waals surface area contributed by atoms with Crippen LogP contribution in [0.4, 0.5) is 15.9 Å². The number of halogens is 1. The van der Waals surface area contributed by atoms with Gasteiger partial charge in [0.1, 0.15) is 17.4 Å². The van der Waals surface area contributed by atoms with Crippen LogP contribution in [0.1, 0.15) is 36.3 Å². The molecule has 2 aromatic heterocycles. The van der Waals surface area contributed by atoms with Gasteiger partial charge in [-0.15, -0.1) is 0 Å². The highest BCUT2D eigenvalue weighted by molar-refractivity contribution is 5.84. The third kappa shape index (κ3) is 4.16. The largest absolute Gasteiger partial charge is 0.468 e. The van der Waals surface area contributed by atoms with Crippen LogP contribution in [0.5, 0.6) is 0 Å². The van der Waals surface area contributed by atoms with E-state index in [9.17, 15) is 9.18 Å². The third-order valence-corrected chi connectivity index (χ3v) is 6.61. The van der Waals surface area contributed by atoms with E-state index in [1.54, 1.807) is 12.1 Å². The molecule has 2 heterocycles. The van der Waals surface area contributed by atoms with Crippen LogP contribution in [0.3, 0.4) is 0 Å². The van der Waals surface area contributed by atoms with Gasteiger partial charge in [-0.3, -0.25) is 4.79 Å². The highest BCUT2D eigenvalue weighted by Gasteiger charge is 2.46. The van der Waals surface area contributed by atoms with E-state index in [0.29, 0.717) is 28.7 Å². The lowest BCUT2D eigenvalue weighted by molar-refractivity contribution is -0.151. The van der Waals surface area contributed by atoms with Crippen molar-refractivity contribution < 1.29 is 18.4 Å². The summed E-state index contributed by atoms with van der Waals surface area (Å²) < 4.78 is 23.9. The number of carbonyl (C=O) groups excluding carboxylic acids is 1. The molecule has 8 heteroatoms. The molecular weight excluding hydrogens is 447 g/mol. The maximum Gasteiger partial charge on any atom is 0.316 e. The molecular formula is C27H25FN4O3. The van der Waals surface area contributed by atoms with E-state index in [1.165, 1.54) is 19.2 Å². The first-order valence-corrected chi connectivity index (χ1v) is 11.4. The van der Waals surface area contributed by atoms with Crippen LogP contribution in [-0.2, 0) is 14.9 Å². The molecule has 1 N–H and O–H groups in total. The molecule has 35 heavy (non-hydrogen) atoms. The summed E-state index contributed by atoms with van der Waals surface area (Å²) in [5.41, 5.74) is 4.05. The summed E-state index contributed by atoms with van der Waals surface area (Å²) in [5, 5.41) is 7.38. The average Bonchev–Trinajstić information content (AvgIpc) is 3.17. The van der Waals surface area contributed by atoms with Crippen molar-refractivity contribution in [2.45, 2.75) is 38.5 Å². The van der Waals surface area contributed by atoms with E-state index >= 15 is 0 Å². The number of hydrogen-bond donors (Lipinski definition) is 1. The molecule has 178 valence electrons. The highest BCUT2D eigenvalue weighted by Crippen LogP contribution is 2.45. The maximum absolute atomic E-state index is 13.5. The molecule has 0 saturated heterocycles. The second-order valence-electron chi connectivity index (χ2n) is 8.80. The smallest absolute Gasteiger partial charge is 0.316 e. The Labute approximate surface area is 202 Å². The monoisotopic (exact) mass is 472 g/mol. The number of ether oxygens (including phenoxy) is 1. The van der Waals surface area contributed by atoms with Crippen molar-refractivity contribution in [3.8, 4) is 22.6 Å². The normalized spacial score (nSPS) is 14.3. The Morgan fingerprint density at radius 3 is 2.34 bits per heavy atom. The molecule has 0 bridgehead atoms. The van der Waals surface area contributed by atoms with Gasteiger partial charge in [-0.2, -0.15) is 0 Å². The fourth-order valence-corrected chi connectivity index (χ4v) is 4.57. The molecule has 7 nitrogen and oxygen atoms in total. The summed E-state index contributed by atoms with van der Waals surface area (Å²) >= 11 is 0. The van der Waals surface area contributed by atoms with Crippen LogP contribution in [0.15, 0.2) is 59.1 Å². The molecule has 1 aliphatic rings. The van der Waals surface area contributed by atoms with Gasteiger partial charge < -0.3 is 14.6 Å². The van der Waals surface area contributed by atoms with Crippen LogP contribution >= 0.6 is 0 Å². The first-order valence-electron chi connectivity index (χ1n) is 11.4. The van der Waals surface area contributed by atoms with Crippen molar-refractivity contribution in [1.29, 1.82) is 0 Å². The predicted octanol–water partition coefficient (Wildman–Crippen LogP) is 5.89. The number of aryl methyl sites for hydroxylation is 2. The van der Waals surface area contributed by atoms with Gasteiger partial charge in [0.25, 0.3) is 0 Å². The molecule has 1 saturated carbocycles. The van der Waals surface area contributed by atoms with Crippen LogP contribution in [-0.4, -0.2) is 28.2 Å². The molecule has 1 aliphatic carbocycles. The number of anilines is 2. The third-order valence-electron chi connectivity index (χ3n) is 6.61. The van der Waals surface area contributed by atoms with Gasteiger partial charge in [-0.1, -0.05) is 23.7 Å². The number of aromatic nitrogens is 3. The van der Waals surface area contributed by atoms with Gasteiger partial charge in [-0.05, 0) is 68.7 Å². The van der Waals surface area contributed by atoms with Crippen molar-refractivity contribution in [3.05, 3.63) is 77.4 Å². The van der Waals surface area contributed by atoms with E-state index in [-0.39, 0.29) is 11.8 Å². The number of nitrogens with zero attached hydrogens (tertiary/aromatic N) is 3. The van der Waals surface area contributed by atoms with Crippen LogP contribution in [0.25, 0.3) is 22.6 Å². The molecule has 5 rings (SSSR count). The number of esters is 1. The molecule has 2 aromatic carbocycles. The summed E-state index contributed by atoms with van der Waals surface area (Å²) in [5.74, 6) is 1.14. The molecule has 0 spiro atoms. The summed E-state index contributed by atoms with van der Waals surface area (Å²) in [6.07, 6.45) is 2.59. The number of nitrogens with one attached hydrogen (secondary N) is 1. The van der Waals surface area contributed by atoms with Crippen LogP contribution in [0, 0.1) is 19.7 Å². The Balaban J connectivity index is 1.50. The summed E-state index contributed by atoms with van der Waals surface area (Å²) in [4.78, 5) is 21.8. The molecule has 0 unspecified atom stereocenters. The quantitative estimate of drug-likeness (QED) is 0.350. The zero-order valence-corrected chi connectivity index (χ0v) is 19.8. The molecule has 0 aliphatic heterocycles. The van der Waals surface area contributed by atoms with Gasteiger partial charge in [0.15, 0.2) is 5.82 Å². The fraction of sp³-hybridized carbons (Fsp3) is 0.259. The lowest BCUT2D eigenvalue weighted by atomic mass is 9.64. The standard InChI is InChI=1S/C27H25FN4O3/c1-16-24(17(2)35-32-16)22-15-23(31-25(30-22)18-5-9-20(28)10-6-18)29-21-11-7-19(8-12-21)27(13-4-14-27)26(33)34-3/h5-12,15H,4,13-14H2,1-3H3,(H,29,30,31). The minimum Gasteiger partial charge on any atom is -0.468 e. The number of benzene rings is 2. The predicted molar refractivity (Wildman–Crippen MR) is 130 cm³/mol. The Kier molecular flexibility index (Phi) is 5.80. The minimum atomic E-state index is -0.547.